The molecule has 0 unspecified atom stereocenters. The standard InChI is InChI=1S/C9H7ClIN3/c10-8-3-1-2-7(4-8)5-14-6-12-9(11)13-14/h1-4,6H,5H2. The van der Waals surface area contributed by atoms with E-state index in [-0.39, 0.29) is 0 Å². The summed E-state index contributed by atoms with van der Waals surface area (Å²) in [6.07, 6.45) is 1.71. The predicted octanol–water partition coefficient (Wildman–Crippen LogP) is 2.58. The van der Waals surface area contributed by atoms with E-state index in [1.807, 2.05) is 24.3 Å². The fraction of sp³-hybridized carbons (Fsp3) is 0.111. The molecule has 14 heavy (non-hydrogen) atoms. The van der Waals surface area contributed by atoms with E-state index in [0.717, 1.165) is 14.4 Å². The van der Waals surface area contributed by atoms with E-state index in [9.17, 15) is 0 Å². The number of nitrogens with zero attached hydrogens (tertiary/aromatic N) is 3. The molecule has 0 atom stereocenters. The molecule has 1 aromatic heterocycles. The Labute approximate surface area is 100 Å². The van der Waals surface area contributed by atoms with Crippen LogP contribution in [0, 0.1) is 3.83 Å². The molecule has 0 aliphatic heterocycles. The monoisotopic (exact) mass is 319 g/mol. The highest BCUT2D eigenvalue weighted by Crippen LogP contribution is 2.11. The van der Waals surface area contributed by atoms with Crippen molar-refractivity contribution in [1.82, 2.24) is 14.8 Å². The molecule has 0 radical (unpaired) electrons. The lowest BCUT2D eigenvalue weighted by Crippen LogP contribution is -2.00. The quantitative estimate of drug-likeness (QED) is 0.797. The first-order chi connectivity index (χ1) is 6.74. The topological polar surface area (TPSA) is 30.7 Å². The fourth-order valence-electron chi connectivity index (χ4n) is 1.17. The van der Waals surface area contributed by atoms with Gasteiger partial charge in [0.25, 0.3) is 0 Å². The van der Waals surface area contributed by atoms with Crippen LogP contribution in [-0.4, -0.2) is 14.8 Å². The molecule has 0 fully saturated rings. The number of rotatable bonds is 2. The van der Waals surface area contributed by atoms with Crippen molar-refractivity contribution in [3.8, 4) is 0 Å². The summed E-state index contributed by atoms with van der Waals surface area (Å²) >= 11 is 7.95. The van der Waals surface area contributed by atoms with Gasteiger partial charge >= 0.3 is 0 Å². The van der Waals surface area contributed by atoms with Crippen molar-refractivity contribution < 1.29 is 0 Å². The molecule has 0 saturated carbocycles. The Morgan fingerprint density at radius 2 is 2.29 bits per heavy atom. The van der Waals surface area contributed by atoms with Crippen molar-refractivity contribution in [2.24, 2.45) is 0 Å². The predicted molar refractivity (Wildman–Crippen MR) is 63.3 cm³/mol. The first kappa shape index (κ1) is 9.92. The summed E-state index contributed by atoms with van der Waals surface area (Å²) < 4.78 is 2.54. The maximum Gasteiger partial charge on any atom is 0.211 e. The van der Waals surface area contributed by atoms with Crippen LogP contribution >= 0.6 is 34.2 Å². The van der Waals surface area contributed by atoms with Crippen LogP contribution in [0.25, 0.3) is 0 Å². The van der Waals surface area contributed by atoms with Crippen LogP contribution < -0.4 is 0 Å². The van der Waals surface area contributed by atoms with E-state index >= 15 is 0 Å². The summed E-state index contributed by atoms with van der Waals surface area (Å²) in [5.41, 5.74) is 1.12. The van der Waals surface area contributed by atoms with Crippen LogP contribution in [-0.2, 0) is 6.54 Å². The Balaban J connectivity index is 2.18. The van der Waals surface area contributed by atoms with E-state index in [4.69, 9.17) is 11.6 Å². The Morgan fingerprint density at radius 1 is 1.43 bits per heavy atom. The third kappa shape index (κ3) is 2.45. The van der Waals surface area contributed by atoms with Crippen LogP contribution in [0.1, 0.15) is 5.56 Å². The van der Waals surface area contributed by atoms with E-state index < -0.39 is 0 Å². The lowest BCUT2D eigenvalue weighted by Gasteiger charge is -2.00. The van der Waals surface area contributed by atoms with E-state index in [1.165, 1.54) is 0 Å². The number of aromatic nitrogens is 3. The second-order valence-corrected chi connectivity index (χ2v) is 4.24. The van der Waals surface area contributed by atoms with Crippen LogP contribution in [0.4, 0.5) is 0 Å². The average Bonchev–Trinajstić information content (AvgIpc) is 2.51. The molecule has 1 heterocycles. The van der Waals surface area contributed by atoms with Gasteiger partial charge in [-0.25, -0.2) is 9.67 Å². The highest BCUT2D eigenvalue weighted by Gasteiger charge is 1.98. The molecule has 0 bridgehead atoms. The first-order valence-corrected chi connectivity index (χ1v) is 5.49. The van der Waals surface area contributed by atoms with Crippen LogP contribution in [0.15, 0.2) is 30.6 Å². The van der Waals surface area contributed by atoms with Crippen LogP contribution in [0.5, 0.6) is 0 Å². The van der Waals surface area contributed by atoms with Gasteiger partial charge in [0, 0.05) is 27.6 Å². The molecule has 0 aliphatic carbocycles. The Morgan fingerprint density at radius 3 is 2.93 bits per heavy atom. The lowest BCUT2D eigenvalue weighted by molar-refractivity contribution is 0.680. The SMILES string of the molecule is Clc1cccc(Cn2cnc(I)n2)c1. The van der Waals surface area contributed by atoms with Gasteiger partial charge in [-0.05, 0) is 17.7 Å². The van der Waals surface area contributed by atoms with Crippen molar-refractivity contribution in [3.63, 3.8) is 0 Å². The van der Waals surface area contributed by atoms with Crippen LogP contribution in [0.3, 0.4) is 0 Å². The van der Waals surface area contributed by atoms with E-state index in [2.05, 4.69) is 32.7 Å². The fourth-order valence-corrected chi connectivity index (χ4v) is 1.79. The lowest BCUT2D eigenvalue weighted by atomic mass is 10.2. The zero-order chi connectivity index (χ0) is 9.97. The number of hydrogen-bond donors (Lipinski definition) is 0. The molecule has 0 amide bonds. The molecular formula is C9H7ClIN3. The van der Waals surface area contributed by atoms with Crippen molar-refractivity contribution in [2.75, 3.05) is 0 Å². The maximum absolute atomic E-state index is 5.87. The smallest absolute Gasteiger partial charge is 0.211 e. The summed E-state index contributed by atoms with van der Waals surface area (Å²) in [6, 6.07) is 7.73. The molecule has 0 saturated heterocycles. The molecule has 2 aromatic rings. The highest BCUT2D eigenvalue weighted by atomic mass is 127. The summed E-state index contributed by atoms with van der Waals surface area (Å²) in [7, 11) is 0. The van der Waals surface area contributed by atoms with Crippen molar-refractivity contribution in [1.29, 1.82) is 0 Å². The molecule has 0 N–H and O–H groups in total. The molecule has 2 rings (SSSR count). The number of benzene rings is 1. The van der Waals surface area contributed by atoms with Gasteiger partial charge in [0.1, 0.15) is 6.33 Å². The van der Waals surface area contributed by atoms with Gasteiger partial charge in [-0.3, -0.25) is 0 Å². The number of hydrogen-bond acceptors (Lipinski definition) is 2. The van der Waals surface area contributed by atoms with Gasteiger partial charge in [-0.1, -0.05) is 23.7 Å². The minimum Gasteiger partial charge on any atom is -0.247 e. The van der Waals surface area contributed by atoms with Gasteiger partial charge in [-0.15, -0.1) is 5.10 Å². The maximum atomic E-state index is 5.87. The van der Waals surface area contributed by atoms with Gasteiger partial charge in [0.05, 0.1) is 6.54 Å². The number of halogens is 2. The summed E-state index contributed by atoms with van der Waals surface area (Å²) in [5, 5.41) is 4.93. The minimum atomic E-state index is 0.705. The molecule has 1 aromatic carbocycles. The largest absolute Gasteiger partial charge is 0.247 e. The second-order valence-electron chi connectivity index (χ2n) is 2.84. The Hall–Kier alpha value is -0.620. The normalized spacial score (nSPS) is 10.4. The minimum absolute atomic E-state index is 0.705. The molecular weight excluding hydrogens is 312 g/mol. The average molecular weight is 320 g/mol. The third-order valence-electron chi connectivity index (χ3n) is 1.74. The highest BCUT2D eigenvalue weighted by molar-refractivity contribution is 14.1. The zero-order valence-corrected chi connectivity index (χ0v) is 10.1. The molecule has 0 spiro atoms. The Kier molecular flexibility index (Phi) is 3.02. The summed E-state index contributed by atoms with van der Waals surface area (Å²) in [4.78, 5) is 4.04. The molecule has 72 valence electrons. The van der Waals surface area contributed by atoms with E-state index in [0.29, 0.717) is 6.54 Å². The summed E-state index contributed by atoms with van der Waals surface area (Å²) in [5.74, 6) is 0. The summed E-state index contributed by atoms with van der Waals surface area (Å²) in [6.45, 7) is 0.705. The van der Waals surface area contributed by atoms with Gasteiger partial charge in [0.15, 0.2) is 0 Å². The van der Waals surface area contributed by atoms with Crippen LogP contribution in [0.2, 0.25) is 5.02 Å². The van der Waals surface area contributed by atoms with Crippen molar-refractivity contribution in [2.45, 2.75) is 6.54 Å². The zero-order valence-electron chi connectivity index (χ0n) is 7.19. The van der Waals surface area contributed by atoms with Gasteiger partial charge < -0.3 is 0 Å². The van der Waals surface area contributed by atoms with Gasteiger partial charge in [-0.2, -0.15) is 0 Å². The van der Waals surface area contributed by atoms with Crippen molar-refractivity contribution in [3.05, 3.63) is 45.0 Å². The van der Waals surface area contributed by atoms with Gasteiger partial charge in [0.2, 0.25) is 3.83 Å². The van der Waals surface area contributed by atoms with Crippen molar-refractivity contribution >= 4 is 34.2 Å². The Bertz CT molecular complexity index is 441. The molecule has 3 nitrogen and oxygen atoms in total. The molecule has 0 aliphatic rings. The third-order valence-corrected chi connectivity index (χ3v) is 2.47. The second kappa shape index (κ2) is 4.27. The van der Waals surface area contributed by atoms with E-state index in [1.54, 1.807) is 11.0 Å². The first-order valence-electron chi connectivity index (χ1n) is 4.03. The molecule has 5 heteroatoms.